The van der Waals surface area contributed by atoms with Gasteiger partial charge in [0.25, 0.3) is 10.0 Å². The first-order chi connectivity index (χ1) is 11.2. The molecule has 3 fully saturated rings. The zero-order chi connectivity index (χ0) is 17.2. The monoisotopic (exact) mass is 361 g/mol. The van der Waals surface area contributed by atoms with Gasteiger partial charge in [0.05, 0.1) is 17.0 Å². The van der Waals surface area contributed by atoms with Crippen LogP contribution in [0.3, 0.4) is 0 Å². The average molecular weight is 361 g/mol. The first kappa shape index (κ1) is 16.0. The van der Waals surface area contributed by atoms with E-state index in [0.717, 1.165) is 54.4 Å². The molecule has 0 radical (unpaired) electrons. The van der Waals surface area contributed by atoms with Gasteiger partial charge in [0.2, 0.25) is 0 Å². The van der Waals surface area contributed by atoms with Crippen molar-refractivity contribution in [3.05, 3.63) is 29.8 Å². The van der Waals surface area contributed by atoms with Gasteiger partial charge in [0.15, 0.2) is 0 Å². The van der Waals surface area contributed by atoms with Crippen LogP contribution in [-0.4, -0.2) is 31.2 Å². The summed E-state index contributed by atoms with van der Waals surface area (Å²) >= 11 is 0. The van der Waals surface area contributed by atoms with E-state index < -0.39 is 21.9 Å². The summed E-state index contributed by atoms with van der Waals surface area (Å²) in [5.41, 5.74) is -2.74. The molecule has 3 aliphatic heterocycles. The lowest BCUT2D eigenvalue weighted by Crippen LogP contribution is -2.51. The summed E-state index contributed by atoms with van der Waals surface area (Å²) in [5.74, 6) is 0. The fourth-order valence-electron chi connectivity index (χ4n) is 3.25. The molecule has 10 heteroatoms. The van der Waals surface area contributed by atoms with Gasteiger partial charge >= 0.3 is 11.8 Å². The third-order valence-corrected chi connectivity index (χ3v) is 6.41. The highest BCUT2D eigenvalue weighted by Gasteiger charge is 2.65. The van der Waals surface area contributed by atoms with Crippen molar-refractivity contribution in [1.29, 1.82) is 0 Å². The first-order valence-electron chi connectivity index (χ1n) is 7.57. The van der Waals surface area contributed by atoms with Crippen LogP contribution in [-0.2, 0) is 20.5 Å². The zero-order valence-corrected chi connectivity index (χ0v) is 13.2. The van der Waals surface area contributed by atoms with Crippen LogP contribution in [0.5, 0.6) is 0 Å². The molecular weight excluding hydrogens is 347 g/mol. The van der Waals surface area contributed by atoms with E-state index in [9.17, 15) is 21.6 Å². The molecule has 3 heterocycles. The van der Waals surface area contributed by atoms with E-state index in [1.54, 1.807) is 0 Å². The van der Waals surface area contributed by atoms with Crippen molar-refractivity contribution in [3.63, 3.8) is 0 Å². The minimum Gasteiger partial charge on any atom is -0.280 e. The summed E-state index contributed by atoms with van der Waals surface area (Å²) < 4.78 is 65.3. The van der Waals surface area contributed by atoms with Gasteiger partial charge < -0.3 is 0 Å². The Hall–Kier alpha value is -1.52. The quantitative estimate of drug-likeness (QED) is 0.830. The Labute approximate surface area is 136 Å². The Kier molecular flexibility index (Phi) is 3.32. The van der Waals surface area contributed by atoms with Crippen LogP contribution in [0, 0.1) is 0 Å². The van der Waals surface area contributed by atoms with Crippen molar-refractivity contribution in [2.45, 2.75) is 54.6 Å². The van der Waals surface area contributed by atoms with Gasteiger partial charge in [-0.1, -0.05) is 16.6 Å². The molecule has 1 saturated carbocycles. The lowest BCUT2D eigenvalue weighted by molar-refractivity contribution is -0.217. The number of nitrogens with zero attached hydrogens (tertiary/aromatic N) is 3. The minimum absolute atomic E-state index is 0.100. The van der Waals surface area contributed by atoms with Gasteiger partial charge in [-0.05, 0) is 37.8 Å². The van der Waals surface area contributed by atoms with Crippen LogP contribution < -0.4 is 0 Å². The smallest absolute Gasteiger partial charge is 0.280 e. The SMILES string of the molecule is O=S(=O)(c1ccc(C2(C(F)(F)F)N=N2)cc1)N1OC2CCC1CC2. The second-order valence-corrected chi connectivity index (χ2v) is 7.97. The maximum Gasteiger partial charge on any atom is 0.442 e. The summed E-state index contributed by atoms with van der Waals surface area (Å²) in [5, 5.41) is 6.21. The topological polar surface area (TPSA) is 71.3 Å². The summed E-state index contributed by atoms with van der Waals surface area (Å²) in [6.45, 7) is 0. The number of hydroxylamine groups is 1. The first-order valence-corrected chi connectivity index (χ1v) is 9.01. The number of hydrogen-bond donors (Lipinski definition) is 0. The van der Waals surface area contributed by atoms with Crippen LogP contribution in [0.4, 0.5) is 13.2 Å². The molecule has 6 nitrogen and oxygen atoms in total. The molecule has 0 N–H and O–H groups in total. The van der Waals surface area contributed by atoms with Crippen molar-refractivity contribution >= 4 is 10.0 Å². The lowest BCUT2D eigenvalue weighted by Gasteiger charge is -2.43. The van der Waals surface area contributed by atoms with Crippen LogP contribution >= 0.6 is 0 Å². The average Bonchev–Trinajstić information content (AvgIpc) is 3.38. The highest BCUT2D eigenvalue weighted by Crippen LogP contribution is 2.52. The van der Waals surface area contributed by atoms with Gasteiger partial charge in [0, 0.05) is 5.56 Å². The zero-order valence-electron chi connectivity index (χ0n) is 12.4. The van der Waals surface area contributed by atoms with E-state index in [2.05, 4.69) is 10.2 Å². The van der Waals surface area contributed by atoms with Crippen molar-refractivity contribution in [2.75, 3.05) is 0 Å². The lowest BCUT2D eigenvalue weighted by atomic mass is 9.92. The predicted octanol–water partition coefficient (Wildman–Crippen LogP) is 3.11. The van der Waals surface area contributed by atoms with Gasteiger partial charge in [-0.3, -0.25) is 4.84 Å². The third kappa shape index (κ3) is 2.27. The van der Waals surface area contributed by atoms with E-state index >= 15 is 0 Å². The van der Waals surface area contributed by atoms with Crippen LogP contribution in [0.1, 0.15) is 31.2 Å². The molecule has 0 amide bonds. The number of fused-ring (bicyclic) bond motifs is 3. The van der Waals surface area contributed by atoms with E-state index in [-0.39, 0.29) is 22.6 Å². The molecule has 4 aliphatic rings. The summed E-state index contributed by atoms with van der Waals surface area (Å²) in [6, 6.07) is 4.28. The molecule has 1 aliphatic carbocycles. The number of hydrogen-bond acceptors (Lipinski definition) is 5. The fourth-order valence-corrected chi connectivity index (χ4v) is 4.78. The van der Waals surface area contributed by atoms with Gasteiger partial charge in [-0.15, -0.1) is 10.2 Å². The standard InChI is InChI=1S/C14H14F3N3O3S/c15-14(16,17)13(18-19-13)9-1-7-12(8-2-9)24(21,22)20-10-3-5-11(23-20)6-4-10/h1-2,7-8,10-11H,3-6H2. The molecule has 2 bridgehead atoms. The molecule has 0 spiro atoms. The molecule has 2 saturated heterocycles. The van der Waals surface area contributed by atoms with E-state index in [0.29, 0.717) is 0 Å². The molecule has 0 unspecified atom stereocenters. The normalized spacial score (nSPS) is 29.0. The number of benzene rings is 1. The maximum absolute atomic E-state index is 13.0. The summed E-state index contributed by atoms with van der Waals surface area (Å²) in [7, 11) is -3.90. The number of halogens is 3. The largest absolute Gasteiger partial charge is 0.442 e. The minimum atomic E-state index is -4.64. The van der Waals surface area contributed by atoms with E-state index in [4.69, 9.17) is 4.84 Å². The summed E-state index contributed by atoms with van der Waals surface area (Å²) in [4.78, 5) is 5.40. The molecule has 130 valence electrons. The van der Waals surface area contributed by atoms with Crippen LogP contribution in [0.25, 0.3) is 0 Å². The van der Waals surface area contributed by atoms with E-state index in [1.165, 1.54) is 0 Å². The Morgan fingerprint density at radius 1 is 1.08 bits per heavy atom. The van der Waals surface area contributed by atoms with Gasteiger partial charge in [0.1, 0.15) is 0 Å². The van der Waals surface area contributed by atoms with E-state index in [1.807, 2.05) is 0 Å². The molecule has 24 heavy (non-hydrogen) atoms. The number of sulfonamides is 1. The molecule has 1 aromatic carbocycles. The van der Waals surface area contributed by atoms with Crippen molar-refractivity contribution in [1.82, 2.24) is 4.47 Å². The maximum atomic E-state index is 13.0. The van der Waals surface area contributed by atoms with Crippen molar-refractivity contribution in [3.8, 4) is 0 Å². The van der Waals surface area contributed by atoms with Gasteiger partial charge in [-0.25, -0.2) is 8.42 Å². The van der Waals surface area contributed by atoms with Crippen molar-refractivity contribution in [2.24, 2.45) is 10.2 Å². The fraction of sp³-hybridized carbons (Fsp3) is 0.571. The number of alkyl halides is 3. The highest BCUT2D eigenvalue weighted by molar-refractivity contribution is 7.89. The molecule has 0 atom stereocenters. The van der Waals surface area contributed by atoms with Crippen molar-refractivity contribution < 1.29 is 26.4 Å². The molecular formula is C14H14F3N3O3S. The van der Waals surface area contributed by atoms with Crippen LogP contribution in [0.2, 0.25) is 0 Å². The Morgan fingerprint density at radius 3 is 2.08 bits per heavy atom. The Balaban J connectivity index is 1.61. The third-order valence-electron chi connectivity index (χ3n) is 4.68. The predicted molar refractivity (Wildman–Crippen MR) is 75.2 cm³/mol. The molecule has 0 aromatic heterocycles. The van der Waals surface area contributed by atoms with Crippen LogP contribution in [0.15, 0.2) is 39.4 Å². The molecule has 5 rings (SSSR count). The van der Waals surface area contributed by atoms with Gasteiger partial charge in [-0.2, -0.15) is 13.2 Å². The molecule has 1 aromatic rings. The highest BCUT2D eigenvalue weighted by atomic mass is 32.2. The second kappa shape index (κ2) is 4.99. The number of rotatable bonds is 3. The Morgan fingerprint density at radius 2 is 1.67 bits per heavy atom. The Bertz CT molecular complexity index is 778. The second-order valence-electron chi connectivity index (χ2n) is 6.19. The summed E-state index contributed by atoms with van der Waals surface area (Å²) in [6.07, 6.45) is -1.63.